The minimum atomic E-state index is -0.0511. The summed E-state index contributed by atoms with van der Waals surface area (Å²) in [6.07, 6.45) is 3.38. The van der Waals surface area contributed by atoms with Crippen molar-refractivity contribution >= 4 is 40.4 Å². The molecule has 3 aromatic rings. The number of hydrogen-bond acceptors (Lipinski definition) is 4. The minimum absolute atomic E-state index is 0.0511. The summed E-state index contributed by atoms with van der Waals surface area (Å²) in [6.45, 7) is 0.519. The Kier molecular flexibility index (Phi) is 6.61. The Morgan fingerprint density at radius 1 is 1.15 bits per heavy atom. The Hall–Kier alpha value is -1.95. The van der Waals surface area contributed by atoms with Crippen molar-refractivity contribution in [2.45, 2.75) is 19.3 Å². The van der Waals surface area contributed by atoms with E-state index in [1.807, 2.05) is 29.6 Å². The van der Waals surface area contributed by atoms with Crippen molar-refractivity contribution in [2.24, 2.45) is 0 Å². The highest BCUT2D eigenvalue weighted by Crippen LogP contribution is 2.21. The number of halogens is 2. The number of benzene rings is 1. The predicted molar refractivity (Wildman–Crippen MR) is 106 cm³/mol. The van der Waals surface area contributed by atoms with E-state index in [9.17, 15) is 4.79 Å². The van der Waals surface area contributed by atoms with Crippen molar-refractivity contribution < 1.29 is 4.79 Å². The molecule has 0 aliphatic heterocycles. The first kappa shape index (κ1) is 18.8. The molecule has 2 aromatic heterocycles. The van der Waals surface area contributed by atoms with Crippen LogP contribution in [-0.4, -0.2) is 22.4 Å². The third kappa shape index (κ3) is 5.53. The molecule has 0 saturated heterocycles. The maximum absolute atomic E-state index is 12.1. The number of nitrogens with zero attached hydrogens (tertiary/aromatic N) is 2. The lowest BCUT2D eigenvalue weighted by Gasteiger charge is -2.06. The van der Waals surface area contributed by atoms with Gasteiger partial charge in [0.05, 0.1) is 17.1 Å². The fourth-order valence-electron chi connectivity index (χ4n) is 2.46. The third-order valence-corrected chi connectivity index (χ3v) is 5.22. The van der Waals surface area contributed by atoms with Gasteiger partial charge in [-0.1, -0.05) is 35.3 Å². The fraction of sp³-hybridized carbons (Fsp3) is 0.211. The van der Waals surface area contributed by atoms with Crippen LogP contribution < -0.4 is 5.32 Å². The van der Waals surface area contributed by atoms with E-state index in [-0.39, 0.29) is 12.3 Å². The number of pyridine rings is 1. The first-order chi connectivity index (χ1) is 12.6. The van der Waals surface area contributed by atoms with Gasteiger partial charge < -0.3 is 5.32 Å². The maximum atomic E-state index is 12.1. The monoisotopic (exact) mass is 405 g/mol. The van der Waals surface area contributed by atoms with E-state index in [2.05, 4.69) is 15.3 Å². The molecule has 134 valence electrons. The van der Waals surface area contributed by atoms with Gasteiger partial charge in [0, 0.05) is 40.3 Å². The number of hydrogen-bond donors (Lipinski definition) is 1. The average Bonchev–Trinajstić information content (AvgIpc) is 3.04. The number of aromatic nitrogens is 2. The summed E-state index contributed by atoms with van der Waals surface area (Å²) in [5.74, 6) is -0.0511. The summed E-state index contributed by atoms with van der Waals surface area (Å²) in [6, 6.07) is 11.2. The second kappa shape index (κ2) is 9.12. The second-order valence-corrected chi connectivity index (χ2v) is 7.53. The molecule has 0 spiro atoms. The van der Waals surface area contributed by atoms with Crippen LogP contribution in [-0.2, 0) is 24.1 Å². The normalized spacial score (nSPS) is 10.7. The van der Waals surface area contributed by atoms with Gasteiger partial charge >= 0.3 is 0 Å². The van der Waals surface area contributed by atoms with Crippen molar-refractivity contribution in [1.82, 2.24) is 15.3 Å². The number of thiazole rings is 1. The summed E-state index contributed by atoms with van der Waals surface area (Å²) >= 11 is 13.6. The minimum Gasteiger partial charge on any atom is -0.355 e. The zero-order chi connectivity index (χ0) is 18.4. The molecule has 0 unspecified atom stereocenters. The van der Waals surface area contributed by atoms with Gasteiger partial charge in [0.15, 0.2) is 0 Å². The van der Waals surface area contributed by atoms with Crippen molar-refractivity contribution in [3.05, 3.63) is 80.0 Å². The van der Waals surface area contributed by atoms with Crippen LogP contribution in [0.15, 0.2) is 48.0 Å². The van der Waals surface area contributed by atoms with Crippen molar-refractivity contribution in [2.75, 3.05) is 6.54 Å². The maximum Gasteiger partial charge on any atom is 0.226 e. The Labute approximate surface area is 166 Å². The molecule has 26 heavy (non-hydrogen) atoms. The van der Waals surface area contributed by atoms with Gasteiger partial charge in [-0.25, -0.2) is 4.98 Å². The molecule has 0 aliphatic rings. The van der Waals surface area contributed by atoms with Crippen LogP contribution in [0.4, 0.5) is 0 Å². The Bertz CT molecular complexity index is 884. The van der Waals surface area contributed by atoms with E-state index in [0.29, 0.717) is 29.4 Å². The lowest BCUT2D eigenvalue weighted by molar-refractivity contribution is -0.120. The molecule has 0 saturated carbocycles. The standard InChI is InChI=1S/C19H17Cl2N3OS/c20-14-5-4-13(17(21)9-14)6-8-23-18(25)10-16-12-26-19(24-16)11-15-3-1-2-7-22-15/h1-5,7,9,12H,6,8,10-11H2,(H,23,25). The van der Waals surface area contributed by atoms with Crippen LogP contribution in [0.2, 0.25) is 10.0 Å². The van der Waals surface area contributed by atoms with Crippen LogP contribution in [0.3, 0.4) is 0 Å². The molecule has 0 fully saturated rings. The number of nitrogens with one attached hydrogen (secondary N) is 1. The third-order valence-electron chi connectivity index (χ3n) is 3.73. The van der Waals surface area contributed by atoms with E-state index in [1.165, 1.54) is 0 Å². The molecule has 1 aromatic carbocycles. The van der Waals surface area contributed by atoms with Gasteiger partial charge in [-0.2, -0.15) is 0 Å². The fourth-order valence-corrected chi connectivity index (χ4v) is 3.77. The summed E-state index contributed by atoms with van der Waals surface area (Å²) in [5.41, 5.74) is 2.71. The van der Waals surface area contributed by atoms with Gasteiger partial charge in [0.25, 0.3) is 0 Å². The summed E-state index contributed by atoms with van der Waals surface area (Å²) in [7, 11) is 0. The second-order valence-electron chi connectivity index (χ2n) is 5.74. The molecule has 0 atom stereocenters. The number of rotatable bonds is 7. The van der Waals surface area contributed by atoms with Gasteiger partial charge in [-0.05, 0) is 36.2 Å². The zero-order valence-electron chi connectivity index (χ0n) is 13.9. The first-order valence-electron chi connectivity index (χ1n) is 8.14. The summed E-state index contributed by atoms with van der Waals surface area (Å²) in [4.78, 5) is 20.9. The molecule has 0 aliphatic carbocycles. The van der Waals surface area contributed by atoms with Crippen molar-refractivity contribution in [3.8, 4) is 0 Å². The SMILES string of the molecule is O=C(Cc1csc(Cc2ccccn2)n1)NCCc1ccc(Cl)cc1Cl. The van der Waals surface area contributed by atoms with Gasteiger partial charge in [0.2, 0.25) is 5.91 Å². The molecular formula is C19H17Cl2N3OS. The number of carbonyl (C=O) groups excluding carboxylic acids is 1. The first-order valence-corrected chi connectivity index (χ1v) is 9.77. The molecule has 0 radical (unpaired) electrons. The molecular weight excluding hydrogens is 389 g/mol. The average molecular weight is 406 g/mol. The highest BCUT2D eigenvalue weighted by molar-refractivity contribution is 7.09. The predicted octanol–water partition coefficient (Wildman–Crippen LogP) is 4.34. The number of amides is 1. The summed E-state index contributed by atoms with van der Waals surface area (Å²) < 4.78 is 0. The molecule has 7 heteroatoms. The molecule has 0 bridgehead atoms. The van der Waals surface area contributed by atoms with E-state index in [0.717, 1.165) is 22.0 Å². The van der Waals surface area contributed by atoms with Crippen molar-refractivity contribution in [3.63, 3.8) is 0 Å². The molecule has 4 nitrogen and oxygen atoms in total. The van der Waals surface area contributed by atoms with Gasteiger partial charge in [-0.3, -0.25) is 9.78 Å². The molecule has 1 amide bonds. The molecule has 1 N–H and O–H groups in total. The highest BCUT2D eigenvalue weighted by Gasteiger charge is 2.09. The van der Waals surface area contributed by atoms with Crippen LogP contribution >= 0.6 is 34.5 Å². The van der Waals surface area contributed by atoms with Gasteiger partial charge in [-0.15, -0.1) is 11.3 Å². The lowest BCUT2D eigenvalue weighted by atomic mass is 10.1. The van der Waals surface area contributed by atoms with E-state index < -0.39 is 0 Å². The van der Waals surface area contributed by atoms with E-state index >= 15 is 0 Å². The number of carbonyl (C=O) groups is 1. The van der Waals surface area contributed by atoms with E-state index in [1.54, 1.807) is 29.7 Å². The Morgan fingerprint density at radius 2 is 2.04 bits per heavy atom. The largest absolute Gasteiger partial charge is 0.355 e. The van der Waals surface area contributed by atoms with Crippen LogP contribution in [0.1, 0.15) is 22.0 Å². The Morgan fingerprint density at radius 3 is 2.81 bits per heavy atom. The lowest BCUT2D eigenvalue weighted by Crippen LogP contribution is -2.27. The van der Waals surface area contributed by atoms with Crippen LogP contribution in [0.25, 0.3) is 0 Å². The van der Waals surface area contributed by atoms with E-state index in [4.69, 9.17) is 23.2 Å². The van der Waals surface area contributed by atoms with Crippen LogP contribution in [0.5, 0.6) is 0 Å². The molecule has 3 rings (SSSR count). The van der Waals surface area contributed by atoms with Gasteiger partial charge in [0.1, 0.15) is 0 Å². The Balaban J connectivity index is 1.46. The van der Waals surface area contributed by atoms with Crippen LogP contribution in [0, 0.1) is 0 Å². The zero-order valence-corrected chi connectivity index (χ0v) is 16.2. The smallest absolute Gasteiger partial charge is 0.226 e. The highest BCUT2D eigenvalue weighted by atomic mass is 35.5. The molecule has 2 heterocycles. The quantitative estimate of drug-likeness (QED) is 0.635. The topological polar surface area (TPSA) is 54.9 Å². The van der Waals surface area contributed by atoms with Crippen molar-refractivity contribution in [1.29, 1.82) is 0 Å². The summed E-state index contributed by atoms with van der Waals surface area (Å²) in [5, 5.41) is 7.01.